The maximum atomic E-state index is 12.4. The Morgan fingerprint density at radius 3 is 2.36 bits per heavy atom. The molecular formula is C23H25N3O2. The minimum Gasteiger partial charge on any atom is -0.496 e. The quantitative estimate of drug-likeness (QED) is 0.528. The Kier molecular flexibility index (Phi) is 5.64. The second-order valence-corrected chi connectivity index (χ2v) is 6.90. The Morgan fingerprint density at radius 1 is 1.00 bits per heavy atom. The monoisotopic (exact) mass is 375 g/mol. The summed E-state index contributed by atoms with van der Waals surface area (Å²) in [4.78, 5) is 12.4. The smallest absolute Gasteiger partial charge is 0.275 e. The molecule has 5 nitrogen and oxygen atoms in total. The predicted molar refractivity (Wildman–Crippen MR) is 113 cm³/mol. The van der Waals surface area contributed by atoms with Gasteiger partial charge in [-0.1, -0.05) is 23.8 Å². The van der Waals surface area contributed by atoms with Crippen molar-refractivity contribution in [1.82, 2.24) is 9.99 Å². The third-order valence-electron chi connectivity index (χ3n) is 4.73. The van der Waals surface area contributed by atoms with E-state index in [1.54, 1.807) is 19.4 Å². The van der Waals surface area contributed by atoms with Crippen LogP contribution in [0, 0.1) is 27.7 Å². The largest absolute Gasteiger partial charge is 0.496 e. The van der Waals surface area contributed by atoms with E-state index in [0.29, 0.717) is 11.3 Å². The van der Waals surface area contributed by atoms with Crippen molar-refractivity contribution in [3.8, 4) is 11.4 Å². The molecule has 0 atom stereocenters. The number of hydrogen-bond donors (Lipinski definition) is 1. The molecule has 0 saturated heterocycles. The first-order valence-electron chi connectivity index (χ1n) is 9.14. The first kappa shape index (κ1) is 19.4. The normalized spacial score (nSPS) is 11.0. The third kappa shape index (κ3) is 3.98. The Balaban J connectivity index is 1.79. The van der Waals surface area contributed by atoms with Gasteiger partial charge in [0.2, 0.25) is 0 Å². The Morgan fingerprint density at radius 2 is 1.68 bits per heavy atom. The highest BCUT2D eigenvalue weighted by atomic mass is 16.5. The molecule has 0 aliphatic heterocycles. The van der Waals surface area contributed by atoms with Crippen molar-refractivity contribution in [2.45, 2.75) is 27.7 Å². The molecule has 28 heavy (non-hydrogen) atoms. The van der Waals surface area contributed by atoms with Crippen molar-refractivity contribution in [3.05, 3.63) is 82.2 Å². The number of aromatic nitrogens is 1. The molecule has 1 N–H and O–H groups in total. The van der Waals surface area contributed by atoms with Crippen LogP contribution in [0.15, 0.2) is 53.6 Å². The van der Waals surface area contributed by atoms with E-state index in [9.17, 15) is 4.79 Å². The van der Waals surface area contributed by atoms with Crippen LogP contribution in [0.2, 0.25) is 0 Å². The highest BCUT2D eigenvalue weighted by Gasteiger charge is 2.12. The Hall–Kier alpha value is -3.34. The van der Waals surface area contributed by atoms with Gasteiger partial charge in [-0.15, -0.1) is 0 Å². The number of methoxy groups -OCH3 is 1. The second-order valence-electron chi connectivity index (χ2n) is 6.90. The molecule has 0 spiro atoms. The topological polar surface area (TPSA) is 55.6 Å². The highest BCUT2D eigenvalue weighted by Crippen LogP contribution is 2.21. The van der Waals surface area contributed by atoms with Crippen molar-refractivity contribution < 1.29 is 9.53 Å². The predicted octanol–water partition coefficient (Wildman–Crippen LogP) is 4.48. The van der Waals surface area contributed by atoms with Crippen LogP contribution in [0.3, 0.4) is 0 Å². The number of hydrogen-bond acceptors (Lipinski definition) is 3. The zero-order chi connectivity index (χ0) is 20.3. The molecule has 0 unspecified atom stereocenters. The van der Waals surface area contributed by atoms with Gasteiger partial charge in [-0.3, -0.25) is 4.79 Å². The molecule has 0 aliphatic rings. The maximum absolute atomic E-state index is 12.4. The number of ether oxygens (including phenoxy) is 1. The van der Waals surface area contributed by atoms with Crippen LogP contribution in [0.25, 0.3) is 5.69 Å². The summed E-state index contributed by atoms with van der Waals surface area (Å²) in [6.07, 6.45) is 1.67. The van der Waals surface area contributed by atoms with Gasteiger partial charge in [-0.2, -0.15) is 5.10 Å². The lowest BCUT2D eigenvalue weighted by Crippen LogP contribution is -2.18. The van der Waals surface area contributed by atoms with E-state index in [2.05, 4.69) is 59.3 Å². The van der Waals surface area contributed by atoms with Crippen LogP contribution < -0.4 is 10.2 Å². The summed E-state index contributed by atoms with van der Waals surface area (Å²) in [7, 11) is 1.55. The van der Waals surface area contributed by atoms with Crippen molar-refractivity contribution >= 4 is 12.1 Å². The molecule has 2 aromatic carbocycles. The molecule has 1 heterocycles. The van der Waals surface area contributed by atoms with Crippen LogP contribution in [0.4, 0.5) is 0 Å². The Bertz CT molecular complexity index is 1030. The summed E-state index contributed by atoms with van der Waals surface area (Å²) in [5.74, 6) is 0.227. The van der Waals surface area contributed by atoms with Gasteiger partial charge in [-0.05, 0) is 63.6 Å². The summed E-state index contributed by atoms with van der Waals surface area (Å²) in [6, 6.07) is 15.9. The minimum absolute atomic E-state index is 0.305. The average Bonchev–Trinajstić information content (AvgIpc) is 2.96. The summed E-state index contributed by atoms with van der Waals surface area (Å²) < 4.78 is 7.46. The number of carbonyl (C=O) groups excluding carboxylic acids is 1. The van der Waals surface area contributed by atoms with Gasteiger partial charge >= 0.3 is 0 Å². The second kappa shape index (κ2) is 8.13. The molecular weight excluding hydrogens is 350 g/mol. The zero-order valence-corrected chi connectivity index (χ0v) is 16.9. The van der Waals surface area contributed by atoms with E-state index in [4.69, 9.17) is 4.74 Å². The van der Waals surface area contributed by atoms with Gasteiger partial charge in [0, 0.05) is 22.6 Å². The fourth-order valence-corrected chi connectivity index (χ4v) is 3.22. The van der Waals surface area contributed by atoms with Crippen LogP contribution in [0.5, 0.6) is 5.75 Å². The third-order valence-corrected chi connectivity index (χ3v) is 4.73. The molecule has 3 aromatic rings. The lowest BCUT2D eigenvalue weighted by molar-refractivity contribution is 0.0952. The fraction of sp³-hybridized carbons (Fsp3) is 0.217. The van der Waals surface area contributed by atoms with Crippen molar-refractivity contribution in [1.29, 1.82) is 0 Å². The maximum Gasteiger partial charge on any atom is 0.275 e. The molecule has 3 rings (SSSR count). The summed E-state index contributed by atoms with van der Waals surface area (Å²) in [5.41, 5.74) is 9.52. The molecule has 1 aromatic heterocycles. The molecule has 5 heteroatoms. The fourth-order valence-electron chi connectivity index (χ4n) is 3.22. The molecule has 1 amide bonds. The van der Waals surface area contributed by atoms with E-state index in [0.717, 1.165) is 28.2 Å². The van der Waals surface area contributed by atoms with Crippen LogP contribution in [0.1, 0.15) is 38.4 Å². The van der Waals surface area contributed by atoms with Crippen LogP contribution in [-0.2, 0) is 0 Å². The number of rotatable bonds is 5. The van der Waals surface area contributed by atoms with E-state index in [1.165, 1.54) is 5.56 Å². The van der Waals surface area contributed by atoms with Crippen molar-refractivity contribution in [2.24, 2.45) is 5.10 Å². The van der Waals surface area contributed by atoms with Gasteiger partial charge in [-0.25, -0.2) is 5.43 Å². The summed E-state index contributed by atoms with van der Waals surface area (Å²) in [6.45, 7) is 8.12. The van der Waals surface area contributed by atoms with Gasteiger partial charge in [0.25, 0.3) is 5.91 Å². The number of amides is 1. The number of carbonyl (C=O) groups is 1. The van der Waals surface area contributed by atoms with Gasteiger partial charge < -0.3 is 9.30 Å². The number of nitrogens with one attached hydrogen (secondary N) is 1. The molecule has 0 radical (unpaired) electrons. The zero-order valence-electron chi connectivity index (χ0n) is 16.9. The molecule has 0 saturated carbocycles. The molecule has 144 valence electrons. The first-order chi connectivity index (χ1) is 13.4. The van der Waals surface area contributed by atoms with Crippen LogP contribution >= 0.6 is 0 Å². The lowest BCUT2D eigenvalue weighted by Gasteiger charge is -2.10. The lowest BCUT2D eigenvalue weighted by atomic mass is 10.1. The first-order valence-corrected chi connectivity index (χ1v) is 9.14. The Labute approximate surface area is 165 Å². The van der Waals surface area contributed by atoms with Crippen molar-refractivity contribution in [3.63, 3.8) is 0 Å². The van der Waals surface area contributed by atoms with Gasteiger partial charge in [0.15, 0.2) is 0 Å². The molecule has 0 aliphatic carbocycles. The standard InChI is InChI=1S/C23H25N3O2/c1-15-6-9-20(10-7-15)26-17(3)13-19(18(26)4)14-24-25-23(27)21-11-8-16(2)12-22(21)28-5/h6-14H,1-5H3,(H,25,27)/b24-14-. The summed E-state index contributed by atoms with van der Waals surface area (Å²) >= 11 is 0. The highest BCUT2D eigenvalue weighted by molar-refractivity contribution is 5.97. The average molecular weight is 375 g/mol. The summed E-state index contributed by atoms with van der Waals surface area (Å²) in [5, 5.41) is 4.15. The number of benzene rings is 2. The van der Waals surface area contributed by atoms with E-state index >= 15 is 0 Å². The van der Waals surface area contributed by atoms with Gasteiger partial charge in [0.1, 0.15) is 5.75 Å². The molecule has 0 bridgehead atoms. The number of hydrazone groups is 1. The molecule has 0 fully saturated rings. The van der Waals surface area contributed by atoms with E-state index in [1.807, 2.05) is 26.0 Å². The van der Waals surface area contributed by atoms with E-state index in [-0.39, 0.29) is 5.91 Å². The van der Waals surface area contributed by atoms with E-state index < -0.39 is 0 Å². The van der Waals surface area contributed by atoms with Gasteiger partial charge in [0.05, 0.1) is 18.9 Å². The number of aryl methyl sites for hydroxylation is 3. The number of nitrogens with zero attached hydrogens (tertiary/aromatic N) is 2. The van der Waals surface area contributed by atoms with Crippen LogP contribution in [-0.4, -0.2) is 23.8 Å². The SMILES string of the molecule is COc1cc(C)ccc1C(=O)N/N=C\c1cc(C)n(-c2ccc(C)cc2)c1C. The van der Waals surface area contributed by atoms with Crippen molar-refractivity contribution in [2.75, 3.05) is 7.11 Å². The minimum atomic E-state index is -0.305.